The van der Waals surface area contributed by atoms with Crippen molar-refractivity contribution in [2.75, 3.05) is 0 Å². The van der Waals surface area contributed by atoms with E-state index in [0.717, 1.165) is 11.1 Å². The Bertz CT molecular complexity index is 969. The number of carbonyl (C=O) groups is 1. The second kappa shape index (κ2) is 8.68. The highest BCUT2D eigenvalue weighted by Gasteiger charge is 2.15. The fourth-order valence-corrected chi connectivity index (χ4v) is 3.32. The van der Waals surface area contributed by atoms with Crippen molar-refractivity contribution in [1.82, 2.24) is 15.1 Å². The van der Waals surface area contributed by atoms with Crippen LogP contribution in [0.25, 0.3) is 5.69 Å². The minimum atomic E-state index is -0.329. The maximum absolute atomic E-state index is 12.4. The standard InChI is InChI=1S/C21H21N3O2S/c1-15-8-10-18(11-9-15)24-20(25)13-12-19(23-24)27-16(2)21(26)22-14-17-6-4-3-5-7-17/h3-13,16H,14H2,1-2H3,(H,22,26)/t16-/m1/s1. The summed E-state index contributed by atoms with van der Waals surface area (Å²) in [5.74, 6) is -0.0706. The first-order chi connectivity index (χ1) is 13.0. The number of carbonyl (C=O) groups excluding carboxylic acids is 1. The lowest BCUT2D eigenvalue weighted by Gasteiger charge is -2.12. The van der Waals surface area contributed by atoms with Gasteiger partial charge < -0.3 is 5.32 Å². The van der Waals surface area contributed by atoms with Gasteiger partial charge in [-0.1, -0.05) is 59.8 Å². The van der Waals surface area contributed by atoms with Gasteiger partial charge in [0.25, 0.3) is 5.56 Å². The molecule has 0 spiro atoms. The average molecular weight is 379 g/mol. The van der Waals surface area contributed by atoms with Crippen molar-refractivity contribution in [3.63, 3.8) is 0 Å². The van der Waals surface area contributed by atoms with Crippen LogP contribution in [0.1, 0.15) is 18.1 Å². The zero-order chi connectivity index (χ0) is 19.2. The Balaban J connectivity index is 1.67. The van der Waals surface area contributed by atoms with Crippen LogP contribution >= 0.6 is 11.8 Å². The van der Waals surface area contributed by atoms with E-state index in [-0.39, 0.29) is 16.7 Å². The summed E-state index contributed by atoms with van der Waals surface area (Å²) in [7, 11) is 0. The molecule has 0 saturated carbocycles. The molecule has 1 heterocycles. The molecule has 2 aromatic carbocycles. The van der Waals surface area contributed by atoms with Gasteiger partial charge >= 0.3 is 0 Å². The molecule has 0 aliphatic heterocycles. The van der Waals surface area contributed by atoms with E-state index in [4.69, 9.17) is 0 Å². The van der Waals surface area contributed by atoms with E-state index in [9.17, 15) is 9.59 Å². The summed E-state index contributed by atoms with van der Waals surface area (Å²) < 4.78 is 1.36. The third-order valence-corrected chi connectivity index (χ3v) is 5.06. The number of hydrogen-bond acceptors (Lipinski definition) is 4. The number of amides is 1. The largest absolute Gasteiger partial charge is 0.351 e. The fraction of sp³-hybridized carbons (Fsp3) is 0.190. The molecule has 1 aromatic heterocycles. The summed E-state index contributed by atoms with van der Waals surface area (Å²) in [5.41, 5.74) is 2.66. The Kier molecular flexibility index (Phi) is 6.08. The Hall–Kier alpha value is -2.86. The molecule has 6 heteroatoms. The molecule has 0 unspecified atom stereocenters. The molecule has 0 aliphatic carbocycles. The lowest BCUT2D eigenvalue weighted by atomic mass is 10.2. The van der Waals surface area contributed by atoms with Gasteiger partial charge in [0.15, 0.2) is 0 Å². The van der Waals surface area contributed by atoms with Crippen molar-refractivity contribution in [3.8, 4) is 5.69 Å². The normalized spacial score (nSPS) is 11.8. The number of nitrogens with zero attached hydrogens (tertiary/aromatic N) is 2. The van der Waals surface area contributed by atoms with Crippen LogP contribution in [0, 0.1) is 6.92 Å². The zero-order valence-corrected chi connectivity index (χ0v) is 16.1. The molecule has 27 heavy (non-hydrogen) atoms. The lowest BCUT2D eigenvalue weighted by Crippen LogP contribution is -2.30. The SMILES string of the molecule is Cc1ccc(-n2nc(S[C@H](C)C(=O)NCc3ccccc3)ccc2=O)cc1. The highest BCUT2D eigenvalue weighted by atomic mass is 32.2. The van der Waals surface area contributed by atoms with Crippen LogP contribution in [0.5, 0.6) is 0 Å². The summed E-state index contributed by atoms with van der Waals surface area (Å²) in [6.45, 7) is 4.30. The predicted octanol–water partition coefficient (Wildman–Crippen LogP) is 3.34. The molecule has 0 radical (unpaired) electrons. The van der Waals surface area contributed by atoms with E-state index in [0.29, 0.717) is 17.3 Å². The molecule has 1 atom stereocenters. The first kappa shape index (κ1) is 18.9. The Morgan fingerprint density at radius 2 is 1.78 bits per heavy atom. The first-order valence-corrected chi connectivity index (χ1v) is 9.56. The first-order valence-electron chi connectivity index (χ1n) is 8.68. The van der Waals surface area contributed by atoms with Crippen LogP contribution in [-0.2, 0) is 11.3 Å². The summed E-state index contributed by atoms with van der Waals surface area (Å²) in [5, 5.41) is 7.62. The van der Waals surface area contributed by atoms with Crippen LogP contribution < -0.4 is 10.9 Å². The van der Waals surface area contributed by atoms with Crippen LogP contribution in [0.4, 0.5) is 0 Å². The molecule has 0 saturated heterocycles. The second-order valence-electron chi connectivity index (χ2n) is 6.22. The number of benzene rings is 2. The molecule has 1 N–H and O–H groups in total. The summed E-state index contributed by atoms with van der Waals surface area (Å²) in [4.78, 5) is 24.5. The maximum atomic E-state index is 12.4. The zero-order valence-electron chi connectivity index (χ0n) is 15.3. The van der Waals surface area contributed by atoms with Gasteiger partial charge in [-0.15, -0.1) is 0 Å². The van der Waals surface area contributed by atoms with Gasteiger partial charge in [-0.2, -0.15) is 9.78 Å². The number of thioether (sulfide) groups is 1. The van der Waals surface area contributed by atoms with Gasteiger partial charge in [0.2, 0.25) is 5.91 Å². The number of nitrogens with one attached hydrogen (secondary N) is 1. The maximum Gasteiger partial charge on any atom is 0.271 e. The predicted molar refractivity (Wildman–Crippen MR) is 108 cm³/mol. The minimum Gasteiger partial charge on any atom is -0.351 e. The van der Waals surface area contributed by atoms with Crippen LogP contribution in [0.15, 0.2) is 76.6 Å². The Morgan fingerprint density at radius 1 is 1.07 bits per heavy atom. The molecular weight excluding hydrogens is 358 g/mol. The van der Waals surface area contributed by atoms with E-state index in [1.807, 2.05) is 68.4 Å². The summed E-state index contributed by atoms with van der Waals surface area (Å²) >= 11 is 1.32. The molecule has 0 bridgehead atoms. The number of rotatable bonds is 6. The molecule has 5 nitrogen and oxygen atoms in total. The number of hydrogen-bond donors (Lipinski definition) is 1. The van der Waals surface area contributed by atoms with Gasteiger partial charge in [-0.25, -0.2) is 0 Å². The summed E-state index contributed by atoms with van der Waals surface area (Å²) in [6.07, 6.45) is 0. The van der Waals surface area contributed by atoms with Crippen LogP contribution in [-0.4, -0.2) is 20.9 Å². The van der Waals surface area contributed by atoms with Crippen molar-refractivity contribution in [2.24, 2.45) is 0 Å². The highest BCUT2D eigenvalue weighted by Crippen LogP contribution is 2.20. The Morgan fingerprint density at radius 3 is 2.48 bits per heavy atom. The molecule has 3 rings (SSSR count). The number of aromatic nitrogens is 2. The quantitative estimate of drug-likeness (QED) is 0.667. The average Bonchev–Trinajstić information content (AvgIpc) is 2.69. The van der Waals surface area contributed by atoms with E-state index >= 15 is 0 Å². The van der Waals surface area contributed by atoms with E-state index in [1.54, 1.807) is 6.07 Å². The lowest BCUT2D eigenvalue weighted by molar-refractivity contribution is -0.120. The van der Waals surface area contributed by atoms with Gasteiger partial charge in [0.1, 0.15) is 5.03 Å². The molecule has 0 fully saturated rings. The van der Waals surface area contributed by atoms with E-state index < -0.39 is 0 Å². The van der Waals surface area contributed by atoms with Crippen molar-refractivity contribution < 1.29 is 4.79 Å². The minimum absolute atomic E-state index is 0.0706. The van der Waals surface area contributed by atoms with Gasteiger partial charge in [-0.05, 0) is 37.6 Å². The van der Waals surface area contributed by atoms with Crippen molar-refractivity contribution in [2.45, 2.75) is 30.7 Å². The molecule has 138 valence electrons. The topological polar surface area (TPSA) is 64.0 Å². The van der Waals surface area contributed by atoms with Gasteiger partial charge in [0.05, 0.1) is 10.9 Å². The Labute approximate surface area is 162 Å². The van der Waals surface area contributed by atoms with Gasteiger partial charge in [0, 0.05) is 12.6 Å². The van der Waals surface area contributed by atoms with Crippen LogP contribution in [0.2, 0.25) is 0 Å². The molecule has 3 aromatic rings. The second-order valence-corrected chi connectivity index (χ2v) is 7.58. The van der Waals surface area contributed by atoms with E-state index in [2.05, 4.69) is 10.4 Å². The van der Waals surface area contributed by atoms with Crippen molar-refractivity contribution >= 4 is 17.7 Å². The third kappa shape index (κ3) is 5.08. The van der Waals surface area contributed by atoms with E-state index in [1.165, 1.54) is 22.5 Å². The van der Waals surface area contributed by atoms with Crippen molar-refractivity contribution in [3.05, 3.63) is 88.2 Å². The summed E-state index contributed by atoms with van der Waals surface area (Å²) in [6, 6.07) is 20.5. The highest BCUT2D eigenvalue weighted by molar-refractivity contribution is 8.00. The molecular formula is C21H21N3O2S. The molecule has 1 amide bonds. The fourth-order valence-electron chi connectivity index (χ4n) is 2.49. The molecule has 0 aliphatic rings. The monoisotopic (exact) mass is 379 g/mol. The van der Waals surface area contributed by atoms with Gasteiger partial charge in [-0.3, -0.25) is 9.59 Å². The van der Waals surface area contributed by atoms with Crippen LogP contribution in [0.3, 0.4) is 0 Å². The third-order valence-electron chi connectivity index (χ3n) is 4.03. The smallest absolute Gasteiger partial charge is 0.271 e. The number of aryl methyl sites for hydroxylation is 1. The van der Waals surface area contributed by atoms with Crippen molar-refractivity contribution in [1.29, 1.82) is 0 Å².